The van der Waals surface area contributed by atoms with Crippen molar-refractivity contribution in [2.75, 3.05) is 69.6 Å². The molecule has 0 aliphatic carbocycles. The number of benzene rings is 2. The molecule has 0 saturated carbocycles. The molecule has 5 rings (SSSR count). The van der Waals surface area contributed by atoms with Crippen molar-refractivity contribution in [2.45, 2.75) is 206 Å². The Balaban J connectivity index is 1.24. The Labute approximate surface area is 727 Å². The van der Waals surface area contributed by atoms with Crippen molar-refractivity contribution in [1.82, 2.24) is 74.0 Å². The Morgan fingerprint density at radius 1 is 0.540 bits per heavy atom. The SMILES string of the molecule is C[C@H](CCCNC(=N)N)C(=O)N[C@H](CCCNC(=N)N)C(=O)N[C@H](CCCNC(=N)N)C(=O)N[C@H](CCCNC(=N)N)C(=O)N[C@H](CCCNC(=N)N)C(=O)N[C@H](CCCNC(=N)N)C(=O)N[C@H](CSC1CC(=O)N(CCNC(=O)CCCCCN2/C(=C/C=C/C=C/C3=Nc4ccc(S(=O)[O-])cc4C3(C)C)C(C)(C)c3cc(S(=O)(=O)O)ccc32)C1=O)C(N)=O. The van der Waals surface area contributed by atoms with E-state index in [1.54, 1.807) is 25.1 Å². The number of nitrogens with zero attached hydrogens (tertiary/aromatic N) is 3. The molecule has 1 saturated heterocycles. The number of carbonyl (C=O) groups excluding carboxylic acids is 10. The van der Waals surface area contributed by atoms with Gasteiger partial charge in [0.1, 0.15) is 36.3 Å². The summed E-state index contributed by atoms with van der Waals surface area (Å²) in [4.78, 5) is 148. The van der Waals surface area contributed by atoms with Gasteiger partial charge in [0, 0.05) is 111 Å². The number of carbonyl (C=O) groups is 10. The molecule has 2 aromatic carbocycles. The summed E-state index contributed by atoms with van der Waals surface area (Å²) >= 11 is -1.56. The summed E-state index contributed by atoms with van der Waals surface area (Å²) in [7, 11) is -4.54. The van der Waals surface area contributed by atoms with Crippen molar-refractivity contribution in [3.63, 3.8) is 0 Å². The number of likely N-dealkylation sites (tertiary alicyclic amines) is 1. The van der Waals surface area contributed by atoms with E-state index >= 15 is 0 Å². The van der Waals surface area contributed by atoms with E-state index in [0.717, 1.165) is 39.3 Å². The number of aliphatic imine (C=N–C) groups is 1. The number of rotatable bonds is 54. The van der Waals surface area contributed by atoms with Crippen LogP contribution in [0.15, 0.2) is 87.3 Å². The number of unbranched alkanes of at least 4 members (excludes halogenated alkanes) is 2. The van der Waals surface area contributed by atoms with Crippen LogP contribution >= 0.6 is 11.8 Å². The predicted octanol–water partition coefficient (Wildman–Crippen LogP) is -2.52. The van der Waals surface area contributed by atoms with Gasteiger partial charge in [0.25, 0.3) is 10.1 Å². The average molecular weight is 1790 g/mol. The molecule has 44 nitrogen and oxygen atoms in total. The summed E-state index contributed by atoms with van der Waals surface area (Å²) in [5, 5.41) is 79.0. The highest BCUT2D eigenvalue weighted by molar-refractivity contribution is 8.00. The van der Waals surface area contributed by atoms with E-state index in [1.807, 2.05) is 58.1 Å². The maximum atomic E-state index is 14.8. The van der Waals surface area contributed by atoms with E-state index in [1.165, 1.54) is 18.2 Å². The molecule has 3 aliphatic rings. The molecular formula is C77H122N29O15S3-. The third-order valence-corrected chi connectivity index (χ3v) is 23.3. The van der Waals surface area contributed by atoms with Crippen LogP contribution in [0, 0.1) is 38.4 Å². The first-order chi connectivity index (χ1) is 58.4. The first-order valence-corrected chi connectivity index (χ1v) is 44.1. The summed E-state index contributed by atoms with van der Waals surface area (Å²) < 4.78 is 58.0. The van der Waals surface area contributed by atoms with Crippen molar-refractivity contribution in [3.05, 3.63) is 83.6 Å². The van der Waals surface area contributed by atoms with Crippen LogP contribution in [0.4, 0.5) is 11.4 Å². The number of amides is 10. The fourth-order valence-electron chi connectivity index (χ4n) is 13.8. The van der Waals surface area contributed by atoms with Crippen molar-refractivity contribution >= 4 is 145 Å². The summed E-state index contributed by atoms with van der Waals surface area (Å²) in [6.07, 6.45) is 11.1. The second-order valence-corrected chi connectivity index (χ2v) is 34.5. The molecule has 2 aromatic rings. The number of guanidine groups is 6. The van der Waals surface area contributed by atoms with Gasteiger partial charge in [-0.05, 0) is 161 Å². The monoisotopic (exact) mass is 1790 g/mol. The number of nitrogens with one attached hydrogen (secondary N) is 19. The topological polar surface area (TPSA) is 766 Å². The fraction of sp³-hybridized carbons (Fsp3) is 0.545. The van der Waals surface area contributed by atoms with Crippen LogP contribution in [0.25, 0.3) is 0 Å². The lowest BCUT2D eigenvalue weighted by molar-refractivity contribution is -0.138. The van der Waals surface area contributed by atoms with Crippen molar-refractivity contribution in [1.29, 1.82) is 32.5 Å². The maximum absolute atomic E-state index is 14.8. The molecule has 2 unspecified atom stereocenters. The van der Waals surface area contributed by atoms with E-state index in [4.69, 9.17) is 77.6 Å². The summed E-state index contributed by atoms with van der Waals surface area (Å²) in [5.41, 5.74) is 42.0. The zero-order valence-electron chi connectivity index (χ0n) is 70.3. The van der Waals surface area contributed by atoms with Gasteiger partial charge in [0.2, 0.25) is 59.1 Å². The van der Waals surface area contributed by atoms with Gasteiger partial charge in [-0.3, -0.25) is 99.1 Å². The number of imide groups is 1. The molecule has 47 heteroatoms. The molecule has 9 atom stereocenters. The Morgan fingerprint density at radius 2 is 0.976 bits per heavy atom. The second-order valence-electron chi connectivity index (χ2n) is 30.9. The number of allylic oxidation sites excluding steroid dienone is 6. The number of hydrogen-bond acceptors (Lipinski definition) is 23. The number of thioether (sulfide) groups is 1. The molecular weight excluding hydrogens is 1670 g/mol. The van der Waals surface area contributed by atoms with E-state index < -0.39 is 156 Å². The van der Waals surface area contributed by atoms with Gasteiger partial charge in [-0.15, -0.1) is 11.8 Å². The third-order valence-electron chi connectivity index (χ3n) is 20.5. The average Bonchev–Trinajstić information content (AvgIpc) is 1.58. The zero-order chi connectivity index (χ0) is 92.2. The van der Waals surface area contributed by atoms with Crippen LogP contribution in [0.5, 0.6) is 0 Å². The molecule has 34 N–H and O–H groups in total. The lowest BCUT2D eigenvalue weighted by Gasteiger charge is -2.28. The van der Waals surface area contributed by atoms with Gasteiger partial charge >= 0.3 is 0 Å². The Bertz CT molecular complexity index is 4480. The molecule has 0 aromatic heterocycles. The van der Waals surface area contributed by atoms with Gasteiger partial charge in [-0.2, -0.15) is 8.42 Å². The number of hydrogen-bond donors (Lipinski definition) is 27. The molecule has 10 amide bonds. The van der Waals surface area contributed by atoms with Gasteiger partial charge in [0.15, 0.2) is 35.8 Å². The largest absolute Gasteiger partial charge is 0.768 e. The molecule has 0 bridgehead atoms. The summed E-state index contributed by atoms with van der Waals surface area (Å²) in [5.74, 6) is -11.1. The highest BCUT2D eigenvalue weighted by Gasteiger charge is 2.43. The van der Waals surface area contributed by atoms with Crippen molar-refractivity contribution in [2.24, 2.45) is 51.0 Å². The minimum absolute atomic E-state index is 0.00255. The van der Waals surface area contributed by atoms with E-state index in [9.17, 15) is 69.7 Å². The highest BCUT2D eigenvalue weighted by Crippen LogP contribution is 2.49. The smallest absolute Gasteiger partial charge is 0.294 e. The summed E-state index contributed by atoms with van der Waals surface area (Å²) in [6.45, 7) is 10.0. The normalized spacial score (nSPS) is 16.6. The van der Waals surface area contributed by atoms with Gasteiger partial charge in [0.05, 0.1) is 21.5 Å². The maximum Gasteiger partial charge on any atom is 0.294 e. The van der Waals surface area contributed by atoms with Gasteiger partial charge < -0.3 is 119 Å². The lowest BCUT2D eigenvalue weighted by Crippen LogP contribution is -2.60. The van der Waals surface area contributed by atoms with Crippen LogP contribution in [0.1, 0.15) is 155 Å². The van der Waals surface area contributed by atoms with Crippen LogP contribution in [-0.4, -0.2) is 233 Å². The van der Waals surface area contributed by atoms with Crippen LogP contribution in [0.2, 0.25) is 0 Å². The summed E-state index contributed by atoms with van der Waals surface area (Å²) in [6, 6.07) is 0.371. The molecule has 0 spiro atoms. The molecule has 1 fully saturated rings. The Hall–Kier alpha value is -12.0. The molecule has 3 heterocycles. The van der Waals surface area contributed by atoms with Crippen molar-refractivity contribution in [3.8, 4) is 0 Å². The van der Waals surface area contributed by atoms with Crippen LogP contribution < -0.4 is 114 Å². The van der Waals surface area contributed by atoms with Gasteiger partial charge in [-0.25, -0.2) is 0 Å². The minimum atomic E-state index is -4.54. The van der Waals surface area contributed by atoms with E-state index in [-0.39, 0.29) is 156 Å². The number of primary amides is 1. The van der Waals surface area contributed by atoms with Crippen molar-refractivity contribution < 1.29 is 69.7 Å². The van der Waals surface area contributed by atoms with E-state index in [0.29, 0.717) is 56.4 Å². The second kappa shape index (κ2) is 50.0. The molecule has 0 radical (unpaired) electrons. The lowest BCUT2D eigenvalue weighted by atomic mass is 9.81. The minimum Gasteiger partial charge on any atom is -0.768 e. The first kappa shape index (κ1) is 103. The molecule has 124 heavy (non-hydrogen) atoms. The molecule has 3 aliphatic heterocycles. The van der Waals surface area contributed by atoms with Crippen LogP contribution in [-0.2, 0) is 80.0 Å². The van der Waals surface area contributed by atoms with Gasteiger partial charge in [-0.1, -0.05) is 59.3 Å². The zero-order valence-corrected chi connectivity index (χ0v) is 72.8. The predicted molar refractivity (Wildman–Crippen MR) is 471 cm³/mol. The van der Waals surface area contributed by atoms with E-state index in [2.05, 4.69) is 74.0 Å². The molecule has 684 valence electrons. The van der Waals surface area contributed by atoms with Crippen LogP contribution in [0.3, 0.4) is 0 Å². The third kappa shape index (κ3) is 33.7. The first-order valence-electron chi connectivity index (χ1n) is 40.5. The Kier molecular flexibility index (Phi) is 41.3. The number of nitrogens with two attached hydrogens (primary N) is 7. The highest BCUT2D eigenvalue weighted by atomic mass is 32.2. The quantitative estimate of drug-likeness (QED) is 0.00618. The number of anilines is 1. The Morgan fingerprint density at radius 3 is 1.40 bits per heavy atom. The number of fused-ring (bicyclic) bond motifs is 2. The standard InChI is InChI=1S/C77H123N29O15S3/c1-44(18-12-31-92-70(79)80)63(110)99-50(19-13-32-93-71(81)82)64(111)100-51(20-14-33-94-72(83)84)65(112)101-52(21-15-34-95-73(85)86)66(113)102-53(22-16-35-96-74(87)88)67(114)103-54(23-17-36-97-75(89)90)68(115)104-55(62(78)109)43-122-57-42-61(108)106(69(57)116)39-37-91-60(107)26-10-7-11-38-105-56-30-28-46(124(119,120)121)41-48(56)77(4,5)59(105)25-9-6-8-24-58-76(2,3)47-40-45(123(117)118)27-29-49(47)98-58/h6,8-9,24-25,27-30,40-41,44,50-55,57H,7,10-23,26,31-39,42-43H2,1-5H3,(H2,78,109)(H,91,107)(H,99,110)(H,100,111)(H,101,112)(H,102,113)(H,103,114)(H,104,115)(H,117,118)(H4,79,80,92)(H4,81,82,93)(H4,83,84,94)(H4,85,86,95)(H4,87,88,96)(H4,89,90,97)(H,119,120,121)/p-1/b9-6+,24-8+,59-25+/t44-,50-,51-,52-,53-,54-,55-,57?/m1/s1. The fourth-order valence-corrected chi connectivity index (χ4v) is 15.9.